The number of amides is 1. The van der Waals surface area contributed by atoms with E-state index in [0.29, 0.717) is 17.0 Å². The maximum absolute atomic E-state index is 11.9. The molecule has 0 saturated carbocycles. The highest BCUT2D eigenvalue weighted by Crippen LogP contribution is 2.15. The van der Waals surface area contributed by atoms with E-state index in [-0.39, 0.29) is 12.5 Å². The Morgan fingerprint density at radius 1 is 1.55 bits per heavy atom. The van der Waals surface area contributed by atoms with Crippen LogP contribution in [0.25, 0.3) is 0 Å². The minimum atomic E-state index is -0.0823. The van der Waals surface area contributed by atoms with E-state index >= 15 is 0 Å². The van der Waals surface area contributed by atoms with Crippen molar-refractivity contribution in [2.45, 2.75) is 13.5 Å². The summed E-state index contributed by atoms with van der Waals surface area (Å²) in [4.78, 5) is 13.8. The van der Waals surface area contributed by atoms with Crippen molar-refractivity contribution < 1.29 is 9.21 Å². The second kappa shape index (κ2) is 6.23. The van der Waals surface area contributed by atoms with Crippen molar-refractivity contribution >= 4 is 27.7 Å². The molecule has 0 bridgehead atoms. The molecular weight excluding hydrogens is 324 g/mol. The van der Waals surface area contributed by atoms with Gasteiger partial charge in [-0.15, -0.1) is 0 Å². The SMILES string of the molecule is Cc1cc(NC(=O)CN(C)Cc2ccc(Br)o2)n(C)n1. The Balaban J connectivity index is 1.86. The molecule has 1 amide bonds. The van der Waals surface area contributed by atoms with Crippen LogP contribution in [0.5, 0.6) is 0 Å². The zero-order chi connectivity index (χ0) is 14.7. The lowest BCUT2D eigenvalue weighted by molar-refractivity contribution is -0.117. The highest BCUT2D eigenvalue weighted by Gasteiger charge is 2.11. The van der Waals surface area contributed by atoms with Crippen LogP contribution in [0.2, 0.25) is 0 Å². The number of nitrogens with zero attached hydrogens (tertiary/aromatic N) is 3. The van der Waals surface area contributed by atoms with Crippen molar-refractivity contribution in [1.82, 2.24) is 14.7 Å². The number of anilines is 1. The fourth-order valence-corrected chi connectivity index (χ4v) is 2.25. The second-order valence-electron chi connectivity index (χ2n) is 4.72. The van der Waals surface area contributed by atoms with E-state index in [1.165, 1.54) is 0 Å². The Morgan fingerprint density at radius 2 is 2.30 bits per heavy atom. The van der Waals surface area contributed by atoms with Gasteiger partial charge in [0.15, 0.2) is 4.67 Å². The third-order valence-corrected chi connectivity index (χ3v) is 3.16. The summed E-state index contributed by atoms with van der Waals surface area (Å²) in [5.41, 5.74) is 0.872. The van der Waals surface area contributed by atoms with Gasteiger partial charge in [-0.3, -0.25) is 14.4 Å². The average Bonchev–Trinajstić information content (AvgIpc) is 2.85. The minimum absolute atomic E-state index is 0.0823. The van der Waals surface area contributed by atoms with Gasteiger partial charge in [0.25, 0.3) is 0 Å². The molecule has 0 unspecified atom stereocenters. The summed E-state index contributed by atoms with van der Waals surface area (Å²) in [6.45, 7) is 2.74. The normalized spacial score (nSPS) is 11.1. The van der Waals surface area contributed by atoms with Gasteiger partial charge in [0.05, 0.1) is 18.8 Å². The molecule has 0 fully saturated rings. The molecule has 0 spiro atoms. The smallest absolute Gasteiger partial charge is 0.239 e. The summed E-state index contributed by atoms with van der Waals surface area (Å²) >= 11 is 3.25. The molecule has 0 aliphatic carbocycles. The van der Waals surface area contributed by atoms with Crippen molar-refractivity contribution in [2.75, 3.05) is 18.9 Å². The monoisotopic (exact) mass is 340 g/mol. The van der Waals surface area contributed by atoms with Crippen LogP contribution in [0.4, 0.5) is 5.82 Å². The molecule has 20 heavy (non-hydrogen) atoms. The number of halogens is 1. The standard InChI is InChI=1S/C13H17BrN4O2/c1-9-6-12(18(3)16-9)15-13(19)8-17(2)7-10-4-5-11(14)20-10/h4-6H,7-8H2,1-3H3,(H,15,19). The number of rotatable bonds is 5. The largest absolute Gasteiger partial charge is 0.453 e. The summed E-state index contributed by atoms with van der Waals surface area (Å²) < 4.78 is 7.75. The lowest BCUT2D eigenvalue weighted by atomic mass is 10.4. The highest BCUT2D eigenvalue weighted by atomic mass is 79.9. The Labute approximate surface area is 125 Å². The van der Waals surface area contributed by atoms with Crippen molar-refractivity contribution in [1.29, 1.82) is 0 Å². The first-order valence-electron chi connectivity index (χ1n) is 6.17. The lowest BCUT2D eigenvalue weighted by Gasteiger charge is -2.14. The Bertz CT molecular complexity index is 605. The summed E-state index contributed by atoms with van der Waals surface area (Å²) in [6, 6.07) is 5.55. The number of furan rings is 1. The van der Waals surface area contributed by atoms with Crippen molar-refractivity contribution in [3.8, 4) is 0 Å². The maximum Gasteiger partial charge on any atom is 0.239 e. The van der Waals surface area contributed by atoms with Crippen LogP contribution in [0.1, 0.15) is 11.5 Å². The van der Waals surface area contributed by atoms with E-state index in [1.54, 1.807) is 11.7 Å². The van der Waals surface area contributed by atoms with Crippen molar-refractivity contribution in [3.05, 3.63) is 34.3 Å². The fourth-order valence-electron chi connectivity index (χ4n) is 1.91. The molecule has 0 aliphatic rings. The van der Waals surface area contributed by atoms with E-state index in [9.17, 15) is 4.79 Å². The van der Waals surface area contributed by atoms with Gasteiger partial charge in [-0.05, 0) is 42.0 Å². The predicted molar refractivity (Wildman–Crippen MR) is 79.3 cm³/mol. The fraction of sp³-hybridized carbons (Fsp3) is 0.385. The number of hydrogen-bond donors (Lipinski definition) is 1. The zero-order valence-electron chi connectivity index (χ0n) is 11.7. The molecule has 7 heteroatoms. The lowest BCUT2D eigenvalue weighted by Crippen LogP contribution is -2.30. The Kier molecular flexibility index (Phi) is 4.61. The van der Waals surface area contributed by atoms with Gasteiger partial charge in [0.2, 0.25) is 5.91 Å². The second-order valence-corrected chi connectivity index (χ2v) is 5.50. The topological polar surface area (TPSA) is 63.3 Å². The van der Waals surface area contributed by atoms with E-state index in [2.05, 4.69) is 26.3 Å². The molecule has 6 nitrogen and oxygen atoms in total. The minimum Gasteiger partial charge on any atom is -0.453 e. The van der Waals surface area contributed by atoms with E-state index in [1.807, 2.05) is 37.1 Å². The number of aromatic nitrogens is 2. The number of carbonyl (C=O) groups excluding carboxylic acids is 1. The van der Waals surface area contributed by atoms with Crippen LogP contribution in [0.3, 0.4) is 0 Å². The highest BCUT2D eigenvalue weighted by molar-refractivity contribution is 9.10. The molecule has 2 aromatic rings. The van der Waals surface area contributed by atoms with Crippen molar-refractivity contribution in [3.63, 3.8) is 0 Å². The zero-order valence-corrected chi connectivity index (χ0v) is 13.3. The quantitative estimate of drug-likeness (QED) is 0.905. The average molecular weight is 341 g/mol. The molecule has 2 heterocycles. The summed E-state index contributed by atoms with van der Waals surface area (Å²) in [5.74, 6) is 1.42. The Hall–Kier alpha value is -1.60. The summed E-state index contributed by atoms with van der Waals surface area (Å²) in [7, 11) is 3.66. The molecule has 0 aromatic carbocycles. The van der Waals surface area contributed by atoms with Gasteiger partial charge in [-0.1, -0.05) is 0 Å². The summed E-state index contributed by atoms with van der Waals surface area (Å²) in [5, 5.41) is 7.01. The van der Waals surface area contributed by atoms with Gasteiger partial charge in [-0.2, -0.15) is 5.10 Å². The van der Waals surface area contributed by atoms with Crippen LogP contribution < -0.4 is 5.32 Å². The van der Waals surface area contributed by atoms with Crippen LogP contribution in [-0.4, -0.2) is 34.2 Å². The number of carbonyl (C=O) groups is 1. The molecule has 0 aliphatic heterocycles. The third-order valence-electron chi connectivity index (χ3n) is 2.74. The predicted octanol–water partition coefficient (Wildman–Crippen LogP) is 2.15. The molecule has 2 aromatic heterocycles. The van der Waals surface area contributed by atoms with Gasteiger partial charge in [0, 0.05) is 13.1 Å². The van der Waals surface area contributed by atoms with E-state index in [4.69, 9.17) is 4.42 Å². The van der Waals surface area contributed by atoms with Gasteiger partial charge in [0.1, 0.15) is 11.6 Å². The van der Waals surface area contributed by atoms with Gasteiger partial charge in [-0.25, -0.2) is 0 Å². The number of hydrogen-bond acceptors (Lipinski definition) is 4. The Morgan fingerprint density at radius 3 is 2.85 bits per heavy atom. The molecule has 0 radical (unpaired) electrons. The van der Waals surface area contributed by atoms with E-state index < -0.39 is 0 Å². The van der Waals surface area contributed by atoms with Gasteiger partial charge < -0.3 is 9.73 Å². The first kappa shape index (κ1) is 14.8. The molecule has 2 rings (SSSR count). The number of likely N-dealkylation sites (N-methyl/N-ethyl adjacent to an activating group) is 1. The van der Waals surface area contributed by atoms with Crippen molar-refractivity contribution in [2.24, 2.45) is 7.05 Å². The van der Waals surface area contributed by atoms with Crippen LogP contribution in [0.15, 0.2) is 27.3 Å². The van der Waals surface area contributed by atoms with Gasteiger partial charge >= 0.3 is 0 Å². The van der Waals surface area contributed by atoms with Crippen LogP contribution in [-0.2, 0) is 18.4 Å². The molecule has 108 valence electrons. The molecule has 0 atom stereocenters. The number of nitrogens with one attached hydrogen (secondary N) is 1. The number of aryl methyl sites for hydroxylation is 2. The molecule has 1 N–H and O–H groups in total. The van der Waals surface area contributed by atoms with E-state index in [0.717, 1.165) is 11.5 Å². The molecular formula is C13H17BrN4O2. The van der Waals surface area contributed by atoms with Crippen LogP contribution in [0, 0.1) is 6.92 Å². The third kappa shape index (κ3) is 3.94. The van der Waals surface area contributed by atoms with Crippen LogP contribution >= 0.6 is 15.9 Å². The first-order chi connectivity index (χ1) is 9.44. The molecule has 0 saturated heterocycles. The summed E-state index contributed by atoms with van der Waals surface area (Å²) in [6.07, 6.45) is 0. The maximum atomic E-state index is 11.9. The first-order valence-corrected chi connectivity index (χ1v) is 6.96.